The Morgan fingerprint density at radius 1 is 1.00 bits per heavy atom. The molecule has 0 aliphatic heterocycles. The third-order valence-corrected chi connectivity index (χ3v) is 4.75. The van der Waals surface area contributed by atoms with Crippen LogP contribution in [-0.2, 0) is 4.79 Å². The van der Waals surface area contributed by atoms with E-state index in [0.29, 0.717) is 16.7 Å². The van der Waals surface area contributed by atoms with Crippen LogP contribution in [-0.4, -0.2) is 29.2 Å². The number of carbonyl (C=O) groups is 2. The van der Waals surface area contributed by atoms with Crippen LogP contribution in [0.1, 0.15) is 6.92 Å². The number of urea groups is 1. The van der Waals surface area contributed by atoms with E-state index in [1.165, 1.54) is 7.05 Å². The lowest BCUT2D eigenvalue weighted by Gasteiger charge is -2.08. The molecular formula is C20H19N3O3S. The summed E-state index contributed by atoms with van der Waals surface area (Å²) in [5.41, 5.74) is 2.54. The van der Waals surface area contributed by atoms with Gasteiger partial charge in [0.05, 0.1) is 5.25 Å². The zero-order valence-corrected chi connectivity index (χ0v) is 15.7. The van der Waals surface area contributed by atoms with E-state index in [4.69, 9.17) is 4.42 Å². The minimum atomic E-state index is -0.548. The predicted molar refractivity (Wildman–Crippen MR) is 105 cm³/mol. The SMILES string of the molecule is CNC(=O)NC(=O)[C@H](C)Sc1nc(-c2ccccc2)c(-c2ccccc2)o1. The van der Waals surface area contributed by atoms with Gasteiger partial charge in [-0.15, -0.1) is 0 Å². The van der Waals surface area contributed by atoms with Crippen LogP contribution >= 0.6 is 11.8 Å². The normalized spacial score (nSPS) is 11.6. The molecule has 3 rings (SSSR count). The molecule has 2 N–H and O–H groups in total. The van der Waals surface area contributed by atoms with Gasteiger partial charge < -0.3 is 9.73 Å². The first kappa shape index (κ1) is 18.7. The van der Waals surface area contributed by atoms with Gasteiger partial charge >= 0.3 is 6.03 Å². The van der Waals surface area contributed by atoms with Crippen molar-refractivity contribution in [2.75, 3.05) is 7.05 Å². The Morgan fingerprint density at radius 3 is 2.19 bits per heavy atom. The molecule has 0 spiro atoms. The number of hydrogen-bond donors (Lipinski definition) is 2. The maximum atomic E-state index is 12.1. The highest BCUT2D eigenvalue weighted by molar-refractivity contribution is 8.00. The Hall–Kier alpha value is -3.06. The van der Waals surface area contributed by atoms with Crippen molar-refractivity contribution in [2.24, 2.45) is 0 Å². The lowest BCUT2D eigenvalue weighted by atomic mass is 10.1. The molecule has 27 heavy (non-hydrogen) atoms. The number of carbonyl (C=O) groups excluding carboxylic acids is 2. The maximum absolute atomic E-state index is 12.1. The van der Waals surface area contributed by atoms with Crippen molar-refractivity contribution in [3.63, 3.8) is 0 Å². The van der Waals surface area contributed by atoms with Gasteiger partial charge in [-0.25, -0.2) is 9.78 Å². The van der Waals surface area contributed by atoms with Crippen molar-refractivity contribution in [1.29, 1.82) is 0 Å². The predicted octanol–water partition coefficient (Wildman–Crippen LogP) is 3.94. The topological polar surface area (TPSA) is 84.2 Å². The van der Waals surface area contributed by atoms with Gasteiger partial charge in [-0.3, -0.25) is 10.1 Å². The lowest BCUT2D eigenvalue weighted by Crippen LogP contribution is -2.41. The molecule has 0 radical (unpaired) electrons. The number of nitrogens with one attached hydrogen (secondary N) is 2. The lowest BCUT2D eigenvalue weighted by molar-refractivity contribution is -0.119. The summed E-state index contributed by atoms with van der Waals surface area (Å²) in [6.45, 7) is 1.69. The van der Waals surface area contributed by atoms with Crippen LogP contribution < -0.4 is 10.6 Å². The number of rotatable bonds is 5. The minimum absolute atomic E-state index is 0.368. The molecule has 1 atom stereocenters. The van der Waals surface area contributed by atoms with Gasteiger partial charge in [0.2, 0.25) is 5.91 Å². The van der Waals surface area contributed by atoms with E-state index in [2.05, 4.69) is 15.6 Å². The highest BCUT2D eigenvalue weighted by atomic mass is 32.2. The molecule has 1 aromatic heterocycles. The fourth-order valence-electron chi connectivity index (χ4n) is 2.41. The van der Waals surface area contributed by atoms with Crippen LogP contribution in [0.5, 0.6) is 0 Å². The first-order valence-corrected chi connectivity index (χ1v) is 9.27. The highest BCUT2D eigenvalue weighted by Gasteiger charge is 2.22. The Morgan fingerprint density at radius 2 is 1.59 bits per heavy atom. The second kappa shape index (κ2) is 8.55. The van der Waals surface area contributed by atoms with Gasteiger partial charge in [0.25, 0.3) is 5.22 Å². The third-order valence-electron chi connectivity index (χ3n) is 3.80. The van der Waals surface area contributed by atoms with E-state index in [0.717, 1.165) is 22.9 Å². The molecule has 6 nitrogen and oxygen atoms in total. The highest BCUT2D eigenvalue weighted by Crippen LogP contribution is 2.36. The molecule has 3 amide bonds. The van der Waals surface area contributed by atoms with Gasteiger partial charge in [0.15, 0.2) is 5.76 Å². The second-order valence-electron chi connectivity index (χ2n) is 5.72. The fraction of sp³-hybridized carbons (Fsp3) is 0.150. The monoisotopic (exact) mass is 381 g/mol. The summed E-state index contributed by atoms with van der Waals surface area (Å²) in [5, 5.41) is 4.43. The number of amides is 3. The van der Waals surface area contributed by atoms with Crippen molar-refractivity contribution in [1.82, 2.24) is 15.6 Å². The Bertz CT molecular complexity index is 869. The summed E-state index contributed by atoms with van der Waals surface area (Å²) in [7, 11) is 1.45. The number of benzene rings is 2. The van der Waals surface area contributed by atoms with E-state index in [1.54, 1.807) is 6.92 Å². The van der Waals surface area contributed by atoms with Crippen LogP contribution in [0.4, 0.5) is 4.79 Å². The van der Waals surface area contributed by atoms with E-state index in [-0.39, 0.29) is 0 Å². The van der Waals surface area contributed by atoms with Crippen LogP contribution in [0.2, 0.25) is 0 Å². The smallest absolute Gasteiger partial charge is 0.321 e. The second-order valence-corrected chi connectivity index (χ2v) is 7.01. The fourth-order valence-corrected chi connectivity index (χ4v) is 3.15. The zero-order chi connectivity index (χ0) is 19.2. The Kier molecular flexibility index (Phi) is 5.93. The standard InChI is InChI=1S/C20H19N3O3S/c1-13(18(24)23-19(25)21-2)27-20-22-16(14-9-5-3-6-10-14)17(26-20)15-11-7-4-8-12-15/h3-13H,1-2H3,(H2,21,23,24,25)/t13-/m0/s1. The van der Waals surface area contributed by atoms with E-state index in [9.17, 15) is 9.59 Å². The van der Waals surface area contributed by atoms with Gasteiger partial charge in [-0.2, -0.15) is 0 Å². The average molecular weight is 381 g/mol. The molecule has 0 fully saturated rings. The molecule has 138 valence electrons. The summed E-state index contributed by atoms with van der Waals surface area (Å²) in [6, 6.07) is 18.9. The van der Waals surface area contributed by atoms with Gasteiger partial charge in [-0.05, 0) is 6.92 Å². The van der Waals surface area contributed by atoms with Crippen molar-refractivity contribution in [2.45, 2.75) is 17.4 Å². The molecule has 0 bridgehead atoms. The van der Waals surface area contributed by atoms with Crippen LogP contribution in [0, 0.1) is 0 Å². The minimum Gasteiger partial charge on any atom is -0.431 e. The molecular weight excluding hydrogens is 362 g/mol. The Balaban J connectivity index is 1.90. The number of aromatic nitrogens is 1. The number of oxazole rings is 1. The van der Waals surface area contributed by atoms with Crippen LogP contribution in [0.25, 0.3) is 22.6 Å². The largest absolute Gasteiger partial charge is 0.431 e. The van der Waals surface area contributed by atoms with Gasteiger partial charge in [0.1, 0.15) is 5.69 Å². The summed E-state index contributed by atoms with van der Waals surface area (Å²) in [5.74, 6) is 0.225. The molecule has 0 aliphatic rings. The average Bonchev–Trinajstić information content (AvgIpc) is 3.13. The van der Waals surface area contributed by atoms with Gasteiger partial charge in [-0.1, -0.05) is 72.4 Å². The Labute approximate surface area is 161 Å². The van der Waals surface area contributed by atoms with Crippen LogP contribution in [0.3, 0.4) is 0 Å². The van der Waals surface area contributed by atoms with Crippen molar-refractivity contribution >= 4 is 23.7 Å². The summed E-state index contributed by atoms with van der Waals surface area (Å²) < 4.78 is 5.98. The van der Waals surface area contributed by atoms with Crippen LogP contribution in [0.15, 0.2) is 70.3 Å². The van der Waals surface area contributed by atoms with Gasteiger partial charge in [0, 0.05) is 18.2 Å². The number of imide groups is 1. The first-order chi connectivity index (χ1) is 13.1. The zero-order valence-electron chi connectivity index (χ0n) is 14.9. The molecule has 0 unspecified atom stereocenters. The third kappa shape index (κ3) is 4.57. The van der Waals surface area contributed by atoms with Crippen molar-refractivity contribution in [3.05, 3.63) is 60.7 Å². The van der Waals surface area contributed by atoms with Crippen molar-refractivity contribution < 1.29 is 14.0 Å². The molecule has 2 aromatic carbocycles. The molecule has 3 aromatic rings. The number of thioether (sulfide) groups is 1. The summed E-state index contributed by atoms with van der Waals surface area (Å²) in [4.78, 5) is 28.0. The molecule has 7 heteroatoms. The molecule has 0 saturated carbocycles. The van der Waals surface area contributed by atoms with E-state index in [1.807, 2.05) is 60.7 Å². The number of nitrogens with zero attached hydrogens (tertiary/aromatic N) is 1. The molecule has 1 heterocycles. The number of hydrogen-bond acceptors (Lipinski definition) is 5. The first-order valence-electron chi connectivity index (χ1n) is 8.39. The van der Waals surface area contributed by atoms with Crippen molar-refractivity contribution in [3.8, 4) is 22.6 Å². The maximum Gasteiger partial charge on any atom is 0.321 e. The van der Waals surface area contributed by atoms with E-state index >= 15 is 0 Å². The molecule has 0 saturated heterocycles. The summed E-state index contributed by atoms with van der Waals surface area (Å²) in [6.07, 6.45) is 0. The summed E-state index contributed by atoms with van der Waals surface area (Å²) >= 11 is 1.16. The molecule has 0 aliphatic carbocycles. The van der Waals surface area contributed by atoms with E-state index < -0.39 is 17.2 Å². The quantitative estimate of drug-likeness (QED) is 0.654.